The Kier molecular flexibility index (Phi) is 4.29. The zero-order valence-electron chi connectivity index (χ0n) is 9.31. The van der Waals surface area contributed by atoms with Crippen LogP contribution in [0.25, 0.3) is 11.1 Å². The Hall–Kier alpha value is -0.600. The maximum atomic E-state index is 6.16. The van der Waals surface area contributed by atoms with E-state index in [-0.39, 0.29) is 0 Å². The maximum Gasteiger partial charge on any atom is 0.137 e. The van der Waals surface area contributed by atoms with Gasteiger partial charge in [-0.1, -0.05) is 52.5 Å². The summed E-state index contributed by atoms with van der Waals surface area (Å²) in [6.45, 7) is 0. The van der Waals surface area contributed by atoms with E-state index in [4.69, 9.17) is 51.1 Å². The van der Waals surface area contributed by atoms with Crippen LogP contribution >= 0.6 is 46.4 Å². The number of halogens is 4. The van der Waals surface area contributed by atoms with Crippen LogP contribution in [0.1, 0.15) is 0 Å². The largest absolute Gasteiger partial charge is 0.495 e. The maximum absolute atomic E-state index is 6.16. The molecule has 0 unspecified atom stereocenters. The van der Waals surface area contributed by atoms with Gasteiger partial charge in [0.2, 0.25) is 0 Å². The zero-order valence-corrected chi connectivity index (χ0v) is 12.3. The van der Waals surface area contributed by atoms with Crippen molar-refractivity contribution in [3.8, 4) is 16.9 Å². The molecule has 0 atom stereocenters. The Labute approximate surface area is 125 Å². The van der Waals surface area contributed by atoms with Crippen LogP contribution in [0.2, 0.25) is 20.1 Å². The summed E-state index contributed by atoms with van der Waals surface area (Å²) in [6, 6.07) is 8.71. The van der Waals surface area contributed by atoms with E-state index >= 15 is 0 Å². The molecule has 0 spiro atoms. The highest BCUT2D eigenvalue weighted by molar-refractivity contribution is 6.45. The van der Waals surface area contributed by atoms with Crippen LogP contribution in [0.15, 0.2) is 30.3 Å². The van der Waals surface area contributed by atoms with Crippen LogP contribution in [0, 0.1) is 0 Å². The molecule has 0 heterocycles. The number of rotatable bonds is 2. The molecule has 2 aromatic carbocycles. The second kappa shape index (κ2) is 5.58. The standard InChI is InChI=1S/C13H8Cl4O/c1-18-12-3-2-7(4-10(12)15)9-5-8(14)6-11(16)13(9)17/h2-6H,1H3. The van der Waals surface area contributed by atoms with Crippen molar-refractivity contribution in [3.63, 3.8) is 0 Å². The van der Waals surface area contributed by atoms with Crippen LogP contribution in [0.4, 0.5) is 0 Å². The summed E-state index contributed by atoms with van der Waals surface area (Å²) in [7, 11) is 1.56. The first-order valence-electron chi connectivity index (χ1n) is 5.01. The summed E-state index contributed by atoms with van der Waals surface area (Å²) < 4.78 is 5.10. The molecular weight excluding hydrogens is 314 g/mol. The van der Waals surface area contributed by atoms with Gasteiger partial charge in [0, 0.05) is 10.6 Å². The first kappa shape index (κ1) is 13.8. The van der Waals surface area contributed by atoms with Gasteiger partial charge in [0.25, 0.3) is 0 Å². The van der Waals surface area contributed by atoms with Crippen LogP contribution in [0.5, 0.6) is 5.75 Å². The van der Waals surface area contributed by atoms with E-state index in [0.29, 0.717) is 25.8 Å². The average molecular weight is 322 g/mol. The third-order valence-electron chi connectivity index (χ3n) is 2.46. The smallest absolute Gasteiger partial charge is 0.137 e. The molecule has 2 aromatic rings. The lowest BCUT2D eigenvalue weighted by molar-refractivity contribution is 0.415. The van der Waals surface area contributed by atoms with Crippen LogP contribution < -0.4 is 4.74 Å². The Bertz CT molecular complexity index is 596. The molecule has 0 fully saturated rings. The van der Waals surface area contributed by atoms with E-state index in [9.17, 15) is 0 Å². The van der Waals surface area contributed by atoms with Gasteiger partial charge in [-0.2, -0.15) is 0 Å². The fourth-order valence-corrected chi connectivity index (χ4v) is 2.57. The molecule has 0 bridgehead atoms. The molecule has 0 saturated heterocycles. The molecule has 5 heteroatoms. The van der Waals surface area contributed by atoms with Gasteiger partial charge in [0.1, 0.15) is 5.75 Å². The monoisotopic (exact) mass is 320 g/mol. The number of hydrogen-bond donors (Lipinski definition) is 0. The lowest BCUT2D eigenvalue weighted by Gasteiger charge is -2.09. The average Bonchev–Trinajstić information content (AvgIpc) is 2.33. The van der Waals surface area contributed by atoms with Crippen molar-refractivity contribution in [1.29, 1.82) is 0 Å². The van der Waals surface area contributed by atoms with E-state index in [1.165, 1.54) is 0 Å². The summed E-state index contributed by atoms with van der Waals surface area (Å²) in [6.07, 6.45) is 0. The minimum Gasteiger partial charge on any atom is -0.495 e. The molecular formula is C13H8Cl4O. The summed E-state index contributed by atoms with van der Waals surface area (Å²) in [5.74, 6) is 0.602. The van der Waals surface area contributed by atoms with Crippen LogP contribution in [0.3, 0.4) is 0 Å². The summed E-state index contributed by atoms with van der Waals surface area (Å²) in [4.78, 5) is 0. The number of methoxy groups -OCH3 is 1. The van der Waals surface area contributed by atoms with Crippen molar-refractivity contribution in [2.24, 2.45) is 0 Å². The molecule has 0 saturated carbocycles. The Morgan fingerprint density at radius 2 is 1.61 bits per heavy atom. The Morgan fingerprint density at radius 3 is 2.22 bits per heavy atom. The lowest BCUT2D eigenvalue weighted by atomic mass is 10.1. The molecule has 0 N–H and O–H groups in total. The highest BCUT2D eigenvalue weighted by Crippen LogP contribution is 2.38. The predicted octanol–water partition coefficient (Wildman–Crippen LogP) is 5.98. The first-order valence-corrected chi connectivity index (χ1v) is 6.52. The van der Waals surface area contributed by atoms with Gasteiger partial charge in [-0.3, -0.25) is 0 Å². The second-order valence-corrected chi connectivity index (χ2v) is 5.23. The molecule has 1 nitrogen and oxygen atoms in total. The van der Waals surface area contributed by atoms with Gasteiger partial charge in [-0.05, 0) is 29.8 Å². The Balaban J connectivity index is 2.58. The normalized spacial score (nSPS) is 10.5. The molecule has 0 amide bonds. The highest BCUT2D eigenvalue weighted by atomic mass is 35.5. The van der Waals surface area contributed by atoms with Crippen molar-refractivity contribution in [3.05, 3.63) is 50.4 Å². The molecule has 0 aliphatic heterocycles. The van der Waals surface area contributed by atoms with E-state index in [0.717, 1.165) is 11.1 Å². The van der Waals surface area contributed by atoms with Crippen molar-refractivity contribution in [1.82, 2.24) is 0 Å². The predicted molar refractivity (Wildman–Crippen MR) is 78.5 cm³/mol. The van der Waals surface area contributed by atoms with Crippen molar-refractivity contribution < 1.29 is 4.74 Å². The first-order chi connectivity index (χ1) is 8.52. The third-order valence-corrected chi connectivity index (χ3v) is 3.77. The minimum absolute atomic E-state index is 0.408. The van der Waals surface area contributed by atoms with Gasteiger partial charge >= 0.3 is 0 Å². The fourth-order valence-electron chi connectivity index (χ4n) is 1.60. The minimum atomic E-state index is 0.408. The molecule has 94 valence electrons. The molecule has 0 aromatic heterocycles. The van der Waals surface area contributed by atoms with Gasteiger partial charge in [0.15, 0.2) is 0 Å². The molecule has 0 aliphatic rings. The van der Waals surface area contributed by atoms with Crippen LogP contribution in [-0.2, 0) is 0 Å². The van der Waals surface area contributed by atoms with Gasteiger partial charge in [-0.25, -0.2) is 0 Å². The van der Waals surface area contributed by atoms with E-state index in [1.54, 1.807) is 31.4 Å². The topological polar surface area (TPSA) is 9.23 Å². The van der Waals surface area contributed by atoms with Crippen molar-refractivity contribution >= 4 is 46.4 Å². The van der Waals surface area contributed by atoms with Crippen molar-refractivity contribution in [2.75, 3.05) is 7.11 Å². The highest BCUT2D eigenvalue weighted by Gasteiger charge is 2.11. The number of ether oxygens (including phenoxy) is 1. The molecule has 0 radical (unpaired) electrons. The number of benzene rings is 2. The van der Waals surface area contributed by atoms with E-state index < -0.39 is 0 Å². The van der Waals surface area contributed by atoms with Gasteiger partial charge in [-0.15, -0.1) is 0 Å². The number of hydrogen-bond acceptors (Lipinski definition) is 1. The quantitative estimate of drug-likeness (QED) is 0.618. The molecule has 0 aliphatic carbocycles. The van der Waals surface area contributed by atoms with Gasteiger partial charge < -0.3 is 4.74 Å². The van der Waals surface area contributed by atoms with Crippen LogP contribution in [-0.4, -0.2) is 7.11 Å². The summed E-state index contributed by atoms with van der Waals surface area (Å²) in [5.41, 5.74) is 1.56. The third kappa shape index (κ3) is 2.70. The molecule has 2 rings (SSSR count). The zero-order chi connectivity index (χ0) is 13.3. The lowest BCUT2D eigenvalue weighted by Crippen LogP contribution is -1.86. The summed E-state index contributed by atoms with van der Waals surface area (Å²) >= 11 is 24.2. The van der Waals surface area contributed by atoms with E-state index in [2.05, 4.69) is 0 Å². The Morgan fingerprint density at radius 1 is 0.889 bits per heavy atom. The summed E-state index contributed by atoms with van der Waals surface area (Å²) in [5, 5.41) is 1.88. The second-order valence-electron chi connectivity index (χ2n) is 3.60. The van der Waals surface area contributed by atoms with Crippen molar-refractivity contribution in [2.45, 2.75) is 0 Å². The molecule has 18 heavy (non-hydrogen) atoms. The fraction of sp³-hybridized carbons (Fsp3) is 0.0769. The van der Waals surface area contributed by atoms with E-state index in [1.807, 2.05) is 6.07 Å². The SMILES string of the molecule is COc1ccc(-c2cc(Cl)cc(Cl)c2Cl)cc1Cl. The van der Waals surface area contributed by atoms with Gasteiger partial charge in [0.05, 0.1) is 22.2 Å².